The number of hydrogen-bond donors (Lipinski definition) is 3. The lowest BCUT2D eigenvalue weighted by molar-refractivity contribution is 0.102. The maximum Gasteiger partial charge on any atom is 0.256 e. The van der Waals surface area contributed by atoms with Crippen molar-refractivity contribution in [2.75, 3.05) is 5.32 Å². The summed E-state index contributed by atoms with van der Waals surface area (Å²) in [5.74, 6) is -0.306. The number of benzene rings is 1. The van der Waals surface area contributed by atoms with Crippen LogP contribution in [-0.2, 0) is 0 Å². The first-order valence-electron chi connectivity index (χ1n) is 5.34. The first-order chi connectivity index (χ1) is 9.51. The smallest absolute Gasteiger partial charge is 0.256 e. The van der Waals surface area contributed by atoms with Crippen molar-refractivity contribution < 1.29 is 10.0 Å². The molecule has 2 rings (SSSR count). The third-order valence-electron chi connectivity index (χ3n) is 2.44. The fourth-order valence-electron chi connectivity index (χ4n) is 1.51. The predicted octanol–water partition coefficient (Wildman–Crippen LogP) is 3.46. The van der Waals surface area contributed by atoms with E-state index in [9.17, 15) is 4.79 Å². The SMILES string of the molecule is N/C(=N/O)c1cc(Br)ccc1NC(=O)c1csc(I)c1. The summed E-state index contributed by atoms with van der Waals surface area (Å²) in [6.07, 6.45) is 0. The second-order valence-corrected chi connectivity index (χ2v) is 7.49. The molecule has 1 amide bonds. The van der Waals surface area contributed by atoms with Gasteiger partial charge in [0.1, 0.15) is 0 Å². The van der Waals surface area contributed by atoms with Crippen molar-refractivity contribution in [3.8, 4) is 0 Å². The number of carbonyl (C=O) groups excluding carboxylic acids is 1. The highest BCUT2D eigenvalue weighted by Crippen LogP contribution is 2.23. The van der Waals surface area contributed by atoms with Gasteiger partial charge in [-0.1, -0.05) is 21.1 Å². The summed E-state index contributed by atoms with van der Waals surface area (Å²) < 4.78 is 1.79. The van der Waals surface area contributed by atoms with E-state index in [2.05, 4.69) is 49.0 Å². The van der Waals surface area contributed by atoms with E-state index < -0.39 is 0 Å². The van der Waals surface area contributed by atoms with Crippen LogP contribution >= 0.6 is 49.9 Å². The van der Waals surface area contributed by atoms with Gasteiger partial charge in [-0.25, -0.2) is 0 Å². The molecule has 104 valence electrons. The number of halogens is 2. The van der Waals surface area contributed by atoms with Gasteiger partial charge in [-0.2, -0.15) is 0 Å². The molecule has 0 aliphatic rings. The highest BCUT2D eigenvalue weighted by molar-refractivity contribution is 14.1. The van der Waals surface area contributed by atoms with Gasteiger partial charge in [0.2, 0.25) is 0 Å². The number of nitrogens with zero attached hydrogens (tertiary/aromatic N) is 1. The number of oxime groups is 1. The van der Waals surface area contributed by atoms with Crippen molar-refractivity contribution in [1.82, 2.24) is 0 Å². The van der Waals surface area contributed by atoms with Gasteiger partial charge in [0.15, 0.2) is 5.84 Å². The number of nitrogens with one attached hydrogen (secondary N) is 1. The van der Waals surface area contributed by atoms with Gasteiger partial charge in [0.05, 0.1) is 14.1 Å². The number of amides is 1. The zero-order valence-electron chi connectivity index (χ0n) is 9.93. The van der Waals surface area contributed by atoms with Gasteiger partial charge in [-0.3, -0.25) is 4.79 Å². The van der Waals surface area contributed by atoms with E-state index in [1.807, 2.05) is 0 Å². The molecule has 0 saturated heterocycles. The first kappa shape index (κ1) is 15.3. The van der Waals surface area contributed by atoms with Gasteiger partial charge in [0, 0.05) is 15.4 Å². The van der Waals surface area contributed by atoms with Crippen LogP contribution in [0.25, 0.3) is 0 Å². The lowest BCUT2D eigenvalue weighted by Crippen LogP contribution is -2.19. The Balaban J connectivity index is 2.32. The molecule has 20 heavy (non-hydrogen) atoms. The summed E-state index contributed by atoms with van der Waals surface area (Å²) in [5, 5.41) is 16.3. The Morgan fingerprint density at radius 2 is 2.20 bits per heavy atom. The minimum absolute atomic E-state index is 0.0681. The van der Waals surface area contributed by atoms with Gasteiger partial charge in [-0.05, 0) is 46.9 Å². The molecule has 0 fully saturated rings. The molecule has 0 aliphatic carbocycles. The maximum absolute atomic E-state index is 12.1. The lowest BCUT2D eigenvalue weighted by atomic mass is 10.1. The van der Waals surface area contributed by atoms with Gasteiger partial charge < -0.3 is 16.3 Å². The average molecular weight is 466 g/mol. The summed E-state index contributed by atoms with van der Waals surface area (Å²) in [4.78, 5) is 12.1. The number of rotatable bonds is 3. The van der Waals surface area contributed by atoms with E-state index in [0.717, 1.165) is 7.36 Å². The largest absolute Gasteiger partial charge is 0.409 e. The predicted molar refractivity (Wildman–Crippen MR) is 91.6 cm³/mol. The van der Waals surface area contributed by atoms with Crippen molar-refractivity contribution in [2.24, 2.45) is 10.9 Å². The number of anilines is 1. The summed E-state index contributed by atoms with van der Waals surface area (Å²) in [6, 6.07) is 6.92. The minimum Gasteiger partial charge on any atom is -0.409 e. The third kappa shape index (κ3) is 3.49. The molecule has 0 bridgehead atoms. The van der Waals surface area contributed by atoms with Crippen LogP contribution in [0.15, 0.2) is 39.3 Å². The van der Waals surface area contributed by atoms with Crippen LogP contribution in [0.4, 0.5) is 5.69 Å². The standard InChI is InChI=1S/C12H9BrIN3O2S/c13-7-1-2-9(8(4-7)11(15)17-19)16-12(18)6-3-10(14)20-5-6/h1-5,19H,(H2,15,17)(H,16,18). The Morgan fingerprint density at radius 1 is 1.45 bits per heavy atom. The zero-order chi connectivity index (χ0) is 14.7. The van der Waals surface area contributed by atoms with Crippen molar-refractivity contribution in [1.29, 1.82) is 0 Å². The Morgan fingerprint density at radius 3 is 2.80 bits per heavy atom. The Hall–Kier alpha value is -1.13. The van der Waals surface area contributed by atoms with Crippen LogP contribution in [0.5, 0.6) is 0 Å². The van der Waals surface area contributed by atoms with Crippen molar-refractivity contribution in [3.63, 3.8) is 0 Å². The van der Waals surface area contributed by atoms with E-state index in [4.69, 9.17) is 10.9 Å². The van der Waals surface area contributed by atoms with Crippen molar-refractivity contribution in [2.45, 2.75) is 0 Å². The molecular weight excluding hydrogens is 457 g/mol. The molecule has 0 radical (unpaired) electrons. The van der Waals surface area contributed by atoms with E-state index in [1.165, 1.54) is 11.3 Å². The molecule has 1 aromatic carbocycles. The quantitative estimate of drug-likeness (QED) is 0.213. The molecular formula is C12H9BrIN3O2S. The topological polar surface area (TPSA) is 87.7 Å². The van der Waals surface area contributed by atoms with E-state index >= 15 is 0 Å². The number of hydrogen-bond acceptors (Lipinski definition) is 4. The van der Waals surface area contributed by atoms with Gasteiger partial charge in [0.25, 0.3) is 5.91 Å². The Bertz CT molecular complexity index is 687. The Kier molecular flexibility index (Phi) is 5.00. The number of carbonyl (C=O) groups is 1. The lowest BCUT2D eigenvalue weighted by Gasteiger charge is -2.10. The number of thiophene rings is 1. The van der Waals surface area contributed by atoms with Crippen LogP contribution in [0.3, 0.4) is 0 Å². The summed E-state index contributed by atoms with van der Waals surface area (Å²) >= 11 is 6.95. The van der Waals surface area contributed by atoms with E-state index in [0.29, 0.717) is 16.8 Å². The van der Waals surface area contributed by atoms with Crippen LogP contribution in [0.1, 0.15) is 15.9 Å². The molecule has 1 aromatic heterocycles. The molecule has 2 aromatic rings. The summed E-state index contributed by atoms with van der Waals surface area (Å²) in [6.45, 7) is 0. The Labute approximate surface area is 141 Å². The number of amidine groups is 1. The zero-order valence-corrected chi connectivity index (χ0v) is 14.5. The summed E-state index contributed by atoms with van der Waals surface area (Å²) in [5.41, 5.74) is 7.11. The minimum atomic E-state index is -0.238. The fourth-order valence-corrected chi connectivity index (χ4v) is 3.20. The van der Waals surface area contributed by atoms with Gasteiger partial charge in [-0.15, -0.1) is 11.3 Å². The second kappa shape index (κ2) is 6.55. The molecule has 5 nitrogen and oxygen atoms in total. The first-order valence-corrected chi connectivity index (χ1v) is 8.09. The third-order valence-corrected chi connectivity index (χ3v) is 4.73. The van der Waals surface area contributed by atoms with Crippen LogP contribution in [-0.4, -0.2) is 17.0 Å². The molecule has 4 N–H and O–H groups in total. The second-order valence-electron chi connectivity index (χ2n) is 3.77. The molecule has 0 saturated carbocycles. The monoisotopic (exact) mass is 465 g/mol. The van der Waals surface area contributed by atoms with Crippen LogP contribution < -0.4 is 11.1 Å². The van der Waals surface area contributed by atoms with Gasteiger partial charge >= 0.3 is 0 Å². The fraction of sp³-hybridized carbons (Fsp3) is 0. The molecule has 1 heterocycles. The normalized spacial score (nSPS) is 11.4. The van der Waals surface area contributed by atoms with E-state index in [1.54, 1.807) is 29.6 Å². The molecule has 0 unspecified atom stereocenters. The highest BCUT2D eigenvalue weighted by atomic mass is 127. The molecule has 8 heteroatoms. The summed E-state index contributed by atoms with van der Waals surface area (Å²) in [7, 11) is 0. The molecule has 0 atom stereocenters. The average Bonchev–Trinajstić information content (AvgIpc) is 2.86. The van der Waals surface area contributed by atoms with Crippen molar-refractivity contribution in [3.05, 3.63) is 48.1 Å². The van der Waals surface area contributed by atoms with Crippen LogP contribution in [0.2, 0.25) is 0 Å². The molecule has 0 aliphatic heterocycles. The van der Waals surface area contributed by atoms with E-state index in [-0.39, 0.29) is 11.7 Å². The van der Waals surface area contributed by atoms with Crippen LogP contribution in [0, 0.1) is 2.88 Å². The maximum atomic E-state index is 12.1. The van der Waals surface area contributed by atoms with Crippen molar-refractivity contribution >= 4 is 67.3 Å². The number of nitrogens with two attached hydrogens (primary N) is 1. The molecule has 0 spiro atoms. The highest BCUT2D eigenvalue weighted by Gasteiger charge is 2.13.